The Morgan fingerprint density at radius 2 is 0.556 bits per heavy atom. The SMILES string of the molecule is CCCCCCCCCCCCCC(=O)OC[C@@H](COC(=O)CCCCCCCCCCCCCCCCCCCCC(C)CC)OC(=O)CCCCCCCCCCC(C)CC. The number of carbonyl (C=O) groups is 3. The molecule has 0 aromatic carbocycles. The van der Waals surface area contributed by atoms with Crippen LogP contribution in [0.15, 0.2) is 0 Å². The van der Waals surface area contributed by atoms with Crippen LogP contribution in [0.2, 0.25) is 0 Å². The third-order valence-electron chi connectivity index (χ3n) is 13.7. The molecule has 0 fully saturated rings. The highest BCUT2D eigenvalue weighted by atomic mass is 16.6. The number of esters is 3. The lowest BCUT2D eigenvalue weighted by Crippen LogP contribution is -2.30. The van der Waals surface area contributed by atoms with Crippen molar-refractivity contribution in [3.8, 4) is 0 Å². The van der Waals surface area contributed by atoms with Gasteiger partial charge in [-0.3, -0.25) is 14.4 Å². The molecule has 6 nitrogen and oxygen atoms in total. The van der Waals surface area contributed by atoms with E-state index in [4.69, 9.17) is 14.2 Å². The predicted molar refractivity (Wildman–Crippen MR) is 270 cm³/mol. The maximum atomic E-state index is 12.8. The largest absolute Gasteiger partial charge is 0.462 e. The maximum absolute atomic E-state index is 12.8. The Balaban J connectivity index is 4.19. The molecule has 0 radical (unpaired) electrons. The third-order valence-corrected chi connectivity index (χ3v) is 13.7. The summed E-state index contributed by atoms with van der Waals surface area (Å²) in [5.41, 5.74) is 0. The van der Waals surface area contributed by atoms with E-state index in [2.05, 4.69) is 34.6 Å². The van der Waals surface area contributed by atoms with Gasteiger partial charge >= 0.3 is 17.9 Å². The summed E-state index contributed by atoms with van der Waals surface area (Å²) >= 11 is 0. The molecule has 0 saturated heterocycles. The molecule has 0 heterocycles. The lowest BCUT2D eigenvalue weighted by molar-refractivity contribution is -0.167. The van der Waals surface area contributed by atoms with Gasteiger partial charge in [-0.1, -0.05) is 279 Å². The first-order valence-corrected chi connectivity index (χ1v) is 28.3. The van der Waals surface area contributed by atoms with E-state index in [1.807, 2.05) is 0 Å². The minimum absolute atomic E-state index is 0.0634. The predicted octanol–water partition coefficient (Wildman–Crippen LogP) is 18.5. The van der Waals surface area contributed by atoms with Gasteiger partial charge in [0.15, 0.2) is 6.10 Å². The van der Waals surface area contributed by atoms with Crippen LogP contribution in [0.1, 0.15) is 317 Å². The summed E-state index contributed by atoms with van der Waals surface area (Å²) < 4.78 is 16.8. The van der Waals surface area contributed by atoms with Crippen LogP contribution >= 0.6 is 0 Å². The van der Waals surface area contributed by atoms with Crippen LogP contribution in [-0.2, 0) is 28.6 Å². The molecule has 374 valence electrons. The van der Waals surface area contributed by atoms with Crippen molar-refractivity contribution in [3.05, 3.63) is 0 Å². The van der Waals surface area contributed by atoms with Gasteiger partial charge in [-0.05, 0) is 31.1 Å². The number of carbonyl (C=O) groups excluding carboxylic acids is 3. The van der Waals surface area contributed by atoms with Gasteiger partial charge in [0.05, 0.1) is 0 Å². The first-order valence-electron chi connectivity index (χ1n) is 28.3. The fourth-order valence-electron chi connectivity index (χ4n) is 8.63. The second kappa shape index (κ2) is 49.8. The molecular weight excluding hydrogens is 781 g/mol. The van der Waals surface area contributed by atoms with Gasteiger partial charge in [0.2, 0.25) is 0 Å². The van der Waals surface area contributed by atoms with Crippen LogP contribution in [0.3, 0.4) is 0 Å². The highest BCUT2D eigenvalue weighted by Crippen LogP contribution is 2.19. The first kappa shape index (κ1) is 61.4. The molecule has 0 bridgehead atoms. The Morgan fingerprint density at radius 3 is 0.825 bits per heavy atom. The molecular formula is C57H110O6. The first-order chi connectivity index (χ1) is 30.8. The molecule has 0 aromatic heterocycles. The molecule has 63 heavy (non-hydrogen) atoms. The fraction of sp³-hybridized carbons (Fsp3) is 0.947. The Kier molecular flexibility index (Phi) is 48.6. The van der Waals surface area contributed by atoms with Crippen LogP contribution < -0.4 is 0 Å². The highest BCUT2D eigenvalue weighted by molar-refractivity contribution is 5.71. The Morgan fingerprint density at radius 1 is 0.317 bits per heavy atom. The summed E-state index contributed by atoms with van der Waals surface area (Å²) in [6, 6.07) is 0. The molecule has 0 saturated carbocycles. The van der Waals surface area contributed by atoms with E-state index in [0.29, 0.717) is 19.3 Å². The van der Waals surface area contributed by atoms with Gasteiger partial charge in [-0.25, -0.2) is 0 Å². The lowest BCUT2D eigenvalue weighted by Gasteiger charge is -2.18. The number of unbranched alkanes of at least 4 members (excludes halogenated alkanes) is 34. The van der Waals surface area contributed by atoms with Gasteiger partial charge in [-0.15, -0.1) is 0 Å². The zero-order valence-corrected chi connectivity index (χ0v) is 43.2. The van der Waals surface area contributed by atoms with E-state index in [1.54, 1.807) is 0 Å². The smallest absolute Gasteiger partial charge is 0.306 e. The van der Waals surface area contributed by atoms with E-state index in [0.717, 1.165) is 69.6 Å². The van der Waals surface area contributed by atoms with Crippen LogP contribution in [-0.4, -0.2) is 37.2 Å². The molecule has 0 aliphatic rings. The number of hydrogen-bond donors (Lipinski definition) is 0. The Bertz CT molecular complexity index is 966. The fourth-order valence-corrected chi connectivity index (χ4v) is 8.63. The van der Waals surface area contributed by atoms with Gasteiger partial charge in [-0.2, -0.15) is 0 Å². The Hall–Kier alpha value is -1.59. The minimum Gasteiger partial charge on any atom is -0.462 e. The van der Waals surface area contributed by atoms with E-state index in [1.165, 1.54) is 205 Å². The summed E-state index contributed by atoms with van der Waals surface area (Å²) in [7, 11) is 0. The van der Waals surface area contributed by atoms with Crippen molar-refractivity contribution >= 4 is 17.9 Å². The van der Waals surface area contributed by atoms with E-state index >= 15 is 0 Å². The van der Waals surface area contributed by atoms with E-state index in [-0.39, 0.29) is 31.1 Å². The highest BCUT2D eigenvalue weighted by Gasteiger charge is 2.19. The summed E-state index contributed by atoms with van der Waals surface area (Å²) in [5, 5.41) is 0. The summed E-state index contributed by atoms with van der Waals surface area (Å²) in [6.07, 6.45) is 52.3. The summed E-state index contributed by atoms with van der Waals surface area (Å²) in [5.74, 6) is 0.910. The third kappa shape index (κ3) is 48.2. The normalized spacial score (nSPS) is 12.9. The molecule has 0 rings (SSSR count). The van der Waals surface area contributed by atoms with Gasteiger partial charge in [0, 0.05) is 19.3 Å². The van der Waals surface area contributed by atoms with E-state index < -0.39 is 6.10 Å². The molecule has 0 N–H and O–H groups in total. The number of hydrogen-bond acceptors (Lipinski definition) is 6. The van der Waals surface area contributed by atoms with Crippen LogP contribution in [0.5, 0.6) is 0 Å². The zero-order chi connectivity index (χ0) is 46.1. The Labute approximate surface area is 393 Å². The molecule has 0 spiro atoms. The van der Waals surface area contributed by atoms with Crippen LogP contribution in [0.4, 0.5) is 0 Å². The lowest BCUT2D eigenvalue weighted by atomic mass is 9.99. The van der Waals surface area contributed by atoms with Crippen molar-refractivity contribution in [2.24, 2.45) is 11.8 Å². The van der Waals surface area contributed by atoms with Crippen molar-refractivity contribution in [1.82, 2.24) is 0 Å². The van der Waals surface area contributed by atoms with Gasteiger partial charge in [0.1, 0.15) is 13.2 Å². The topological polar surface area (TPSA) is 78.9 Å². The standard InChI is InChI=1S/C57H110O6/c1-6-9-10-11-12-13-22-26-32-37-42-47-55(58)61-50-54(63-57(60)49-44-39-34-29-28-31-36-41-46-53(5)8-3)51-62-56(59)48-43-38-33-27-24-21-19-17-15-14-16-18-20-23-25-30-35-40-45-52(4)7-2/h52-54H,6-51H2,1-5H3/t52?,53?,54-/m0/s1. The summed E-state index contributed by atoms with van der Waals surface area (Å²) in [4.78, 5) is 38.0. The average Bonchev–Trinajstić information content (AvgIpc) is 3.28. The molecule has 0 amide bonds. The second-order valence-corrected chi connectivity index (χ2v) is 20.1. The quantitative estimate of drug-likeness (QED) is 0.0344. The molecule has 6 heteroatoms. The van der Waals surface area contributed by atoms with Crippen LogP contribution in [0.25, 0.3) is 0 Å². The zero-order valence-electron chi connectivity index (χ0n) is 43.2. The molecule has 3 atom stereocenters. The van der Waals surface area contributed by atoms with Crippen LogP contribution in [0, 0.1) is 11.8 Å². The molecule has 0 aliphatic carbocycles. The van der Waals surface area contributed by atoms with Crippen molar-refractivity contribution in [3.63, 3.8) is 0 Å². The summed E-state index contributed by atoms with van der Waals surface area (Å²) in [6.45, 7) is 11.4. The van der Waals surface area contributed by atoms with Crippen molar-refractivity contribution in [1.29, 1.82) is 0 Å². The molecule has 0 aliphatic heterocycles. The van der Waals surface area contributed by atoms with Gasteiger partial charge < -0.3 is 14.2 Å². The molecule has 2 unspecified atom stereocenters. The van der Waals surface area contributed by atoms with E-state index in [9.17, 15) is 14.4 Å². The maximum Gasteiger partial charge on any atom is 0.306 e. The minimum atomic E-state index is -0.762. The second-order valence-electron chi connectivity index (χ2n) is 20.1. The molecule has 0 aromatic rings. The van der Waals surface area contributed by atoms with Crippen molar-refractivity contribution < 1.29 is 28.6 Å². The van der Waals surface area contributed by atoms with Crippen molar-refractivity contribution in [2.45, 2.75) is 323 Å². The number of rotatable bonds is 51. The monoisotopic (exact) mass is 891 g/mol. The van der Waals surface area contributed by atoms with Gasteiger partial charge in [0.25, 0.3) is 0 Å². The van der Waals surface area contributed by atoms with Crippen molar-refractivity contribution in [2.75, 3.05) is 13.2 Å². The average molecular weight is 892 g/mol. The number of ether oxygens (including phenoxy) is 3.